The molecule has 4 heteroatoms. The lowest BCUT2D eigenvalue weighted by molar-refractivity contribution is -0.592. The lowest BCUT2D eigenvalue weighted by Crippen LogP contribution is -2.38. The van der Waals surface area contributed by atoms with Crippen LogP contribution in [0.2, 0.25) is 0 Å². The van der Waals surface area contributed by atoms with E-state index in [2.05, 4.69) is 0 Å². The Kier molecular flexibility index (Phi) is 2.89. The van der Waals surface area contributed by atoms with E-state index in [0.29, 0.717) is 31.0 Å². The Morgan fingerprint density at radius 2 is 2.11 bits per heavy atom. The Bertz CT molecular complexity index is 577. The van der Waals surface area contributed by atoms with Crippen LogP contribution in [0.25, 0.3) is 10.9 Å². The topological polar surface area (TPSA) is 45.4 Å². The largest absolute Gasteiger partial charge is 0.618 e. The van der Waals surface area contributed by atoms with Crippen LogP contribution in [0.3, 0.4) is 0 Å². The van der Waals surface area contributed by atoms with E-state index in [1.165, 1.54) is 0 Å². The zero-order chi connectivity index (χ0) is 12.5. The summed E-state index contributed by atoms with van der Waals surface area (Å²) in [6, 6.07) is 9.59. The number of pyridine rings is 1. The molecule has 3 rings (SSSR count). The van der Waals surface area contributed by atoms with E-state index in [9.17, 15) is 5.21 Å². The van der Waals surface area contributed by atoms with E-state index in [-0.39, 0.29) is 6.10 Å². The molecule has 1 atom stereocenters. The molecule has 94 valence electrons. The number of benzene rings is 1. The predicted octanol–water partition coefficient (Wildman–Crippen LogP) is 1.87. The maximum Gasteiger partial charge on any atom is 0.224 e. The van der Waals surface area contributed by atoms with Crippen molar-refractivity contribution in [1.29, 1.82) is 0 Å². The molecule has 0 bridgehead atoms. The van der Waals surface area contributed by atoms with E-state index >= 15 is 0 Å². The van der Waals surface area contributed by atoms with E-state index in [4.69, 9.17) is 9.47 Å². The molecule has 0 spiro atoms. The fraction of sp³-hybridized carbons (Fsp3) is 0.357. The highest BCUT2D eigenvalue weighted by molar-refractivity contribution is 5.76. The molecule has 1 aromatic carbocycles. The molecule has 1 aromatic heterocycles. The second-order valence-corrected chi connectivity index (χ2v) is 4.55. The SMILES string of the molecule is Cc1ccc2c(ccc(C3COCCO3)[n+]2[O-])c1. The van der Waals surface area contributed by atoms with Gasteiger partial charge < -0.3 is 14.7 Å². The number of aromatic nitrogens is 1. The monoisotopic (exact) mass is 245 g/mol. The Labute approximate surface area is 105 Å². The smallest absolute Gasteiger partial charge is 0.224 e. The lowest BCUT2D eigenvalue weighted by atomic mass is 10.1. The maximum absolute atomic E-state index is 12.3. The molecule has 0 N–H and O–H groups in total. The Hall–Kier alpha value is -1.65. The fourth-order valence-corrected chi connectivity index (χ4v) is 2.27. The molecule has 1 fully saturated rings. The number of nitrogens with zero attached hydrogens (tertiary/aromatic N) is 1. The summed E-state index contributed by atoms with van der Waals surface area (Å²) in [6.45, 7) is 3.60. The first-order chi connectivity index (χ1) is 8.75. The van der Waals surface area contributed by atoms with Gasteiger partial charge in [-0.2, -0.15) is 4.73 Å². The van der Waals surface area contributed by atoms with Crippen molar-refractivity contribution in [2.24, 2.45) is 0 Å². The highest BCUT2D eigenvalue weighted by Crippen LogP contribution is 2.20. The molecule has 1 aliphatic heterocycles. The summed E-state index contributed by atoms with van der Waals surface area (Å²) in [5.74, 6) is 0. The Morgan fingerprint density at radius 3 is 2.89 bits per heavy atom. The third kappa shape index (κ3) is 1.94. The van der Waals surface area contributed by atoms with E-state index in [1.54, 1.807) is 0 Å². The number of ether oxygens (including phenoxy) is 2. The van der Waals surface area contributed by atoms with Crippen molar-refractivity contribution >= 4 is 10.9 Å². The minimum absolute atomic E-state index is 0.262. The molecule has 0 aliphatic carbocycles. The fourth-order valence-electron chi connectivity index (χ4n) is 2.27. The molecule has 1 unspecified atom stereocenters. The first kappa shape index (κ1) is 11.4. The van der Waals surface area contributed by atoms with Crippen LogP contribution in [0, 0.1) is 12.1 Å². The zero-order valence-corrected chi connectivity index (χ0v) is 10.3. The van der Waals surface area contributed by atoms with Crippen LogP contribution < -0.4 is 4.73 Å². The van der Waals surface area contributed by atoms with Gasteiger partial charge in [0.2, 0.25) is 11.2 Å². The van der Waals surface area contributed by atoms with Crippen molar-refractivity contribution in [3.05, 3.63) is 46.8 Å². The number of fused-ring (bicyclic) bond motifs is 1. The zero-order valence-electron chi connectivity index (χ0n) is 10.3. The van der Waals surface area contributed by atoms with Crippen molar-refractivity contribution in [3.63, 3.8) is 0 Å². The van der Waals surface area contributed by atoms with Crippen molar-refractivity contribution in [2.45, 2.75) is 13.0 Å². The molecule has 4 nitrogen and oxygen atoms in total. The highest BCUT2D eigenvalue weighted by Gasteiger charge is 2.25. The van der Waals surface area contributed by atoms with Gasteiger partial charge >= 0.3 is 0 Å². The van der Waals surface area contributed by atoms with Gasteiger partial charge in [-0.05, 0) is 19.1 Å². The van der Waals surface area contributed by atoms with Gasteiger partial charge in [-0.3, -0.25) is 0 Å². The summed E-state index contributed by atoms with van der Waals surface area (Å²) >= 11 is 0. The highest BCUT2D eigenvalue weighted by atomic mass is 16.6. The molecule has 2 heterocycles. The van der Waals surface area contributed by atoms with Gasteiger partial charge in [0, 0.05) is 17.5 Å². The first-order valence-electron chi connectivity index (χ1n) is 6.08. The van der Waals surface area contributed by atoms with Crippen molar-refractivity contribution in [3.8, 4) is 0 Å². The number of hydrogen-bond donors (Lipinski definition) is 0. The standard InChI is InChI=1S/C14H15NO3/c1-10-2-4-12-11(8-10)3-5-13(15(12)16)14-9-17-6-7-18-14/h2-5,8,14H,6-7,9H2,1H3. The van der Waals surface area contributed by atoms with Crippen LogP contribution in [0.1, 0.15) is 17.4 Å². The summed E-state index contributed by atoms with van der Waals surface area (Å²) in [7, 11) is 0. The number of rotatable bonds is 1. The summed E-state index contributed by atoms with van der Waals surface area (Å²) in [4.78, 5) is 0. The molecule has 0 radical (unpaired) electrons. The van der Waals surface area contributed by atoms with Gasteiger partial charge in [-0.1, -0.05) is 11.6 Å². The quantitative estimate of drug-likeness (QED) is 0.569. The van der Waals surface area contributed by atoms with Gasteiger partial charge in [0.05, 0.1) is 19.8 Å². The summed E-state index contributed by atoms with van der Waals surface area (Å²) < 4.78 is 11.9. The lowest BCUT2D eigenvalue weighted by Gasteiger charge is -2.22. The molecular formula is C14H15NO3. The van der Waals surface area contributed by atoms with Crippen LogP contribution in [-0.4, -0.2) is 19.8 Å². The van der Waals surface area contributed by atoms with Gasteiger partial charge in [0.15, 0.2) is 6.10 Å². The summed E-state index contributed by atoms with van der Waals surface area (Å²) in [6.07, 6.45) is -0.262. The van der Waals surface area contributed by atoms with Crippen LogP contribution >= 0.6 is 0 Å². The third-order valence-corrected chi connectivity index (χ3v) is 3.22. The van der Waals surface area contributed by atoms with Gasteiger partial charge in [-0.15, -0.1) is 0 Å². The minimum Gasteiger partial charge on any atom is -0.618 e. The Balaban J connectivity index is 2.08. The molecule has 18 heavy (non-hydrogen) atoms. The van der Waals surface area contributed by atoms with Crippen molar-refractivity contribution in [2.75, 3.05) is 19.8 Å². The van der Waals surface area contributed by atoms with E-state index in [1.807, 2.05) is 37.3 Å². The predicted molar refractivity (Wildman–Crippen MR) is 67.2 cm³/mol. The van der Waals surface area contributed by atoms with E-state index in [0.717, 1.165) is 15.7 Å². The first-order valence-corrected chi connectivity index (χ1v) is 6.08. The maximum atomic E-state index is 12.3. The molecule has 0 saturated carbocycles. The second-order valence-electron chi connectivity index (χ2n) is 4.55. The average molecular weight is 245 g/mol. The normalized spacial score (nSPS) is 20.2. The van der Waals surface area contributed by atoms with Gasteiger partial charge in [0.25, 0.3) is 0 Å². The molecule has 1 saturated heterocycles. The van der Waals surface area contributed by atoms with Crippen molar-refractivity contribution in [1.82, 2.24) is 0 Å². The Morgan fingerprint density at radius 1 is 1.22 bits per heavy atom. The van der Waals surface area contributed by atoms with Crippen LogP contribution in [0.15, 0.2) is 30.3 Å². The van der Waals surface area contributed by atoms with Crippen LogP contribution in [0.4, 0.5) is 0 Å². The van der Waals surface area contributed by atoms with Crippen LogP contribution in [0.5, 0.6) is 0 Å². The summed E-state index contributed by atoms with van der Waals surface area (Å²) in [5.41, 5.74) is 2.44. The van der Waals surface area contributed by atoms with Gasteiger partial charge in [-0.25, -0.2) is 0 Å². The van der Waals surface area contributed by atoms with E-state index < -0.39 is 0 Å². The molecule has 1 aliphatic rings. The number of aryl methyl sites for hydroxylation is 1. The molecule has 0 amide bonds. The second kappa shape index (κ2) is 4.55. The molecule has 2 aromatic rings. The number of hydrogen-bond acceptors (Lipinski definition) is 3. The average Bonchev–Trinajstić information content (AvgIpc) is 2.40. The minimum atomic E-state index is -0.262. The third-order valence-electron chi connectivity index (χ3n) is 3.22. The van der Waals surface area contributed by atoms with Crippen LogP contribution in [-0.2, 0) is 9.47 Å². The van der Waals surface area contributed by atoms with Gasteiger partial charge in [0.1, 0.15) is 0 Å². The summed E-state index contributed by atoms with van der Waals surface area (Å²) in [5, 5.41) is 13.3. The van der Waals surface area contributed by atoms with Crippen molar-refractivity contribution < 1.29 is 14.2 Å². The molecular weight excluding hydrogens is 230 g/mol.